The molecule has 5 aromatic carbocycles. The fourth-order valence-electron chi connectivity index (χ4n) is 4.96. The van der Waals surface area contributed by atoms with E-state index < -0.39 is 11.7 Å². The minimum absolute atomic E-state index is 0.0828. The molecule has 1 heterocycles. The highest BCUT2D eigenvalue weighted by atomic mass is 19.3. The summed E-state index contributed by atoms with van der Waals surface area (Å²) in [6.07, 6.45) is 1.79. The van der Waals surface area contributed by atoms with Gasteiger partial charge in [0, 0.05) is 35.4 Å². The summed E-state index contributed by atoms with van der Waals surface area (Å²) in [5.74, 6) is -2.72. The van der Waals surface area contributed by atoms with Crippen molar-refractivity contribution in [3.05, 3.63) is 139 Å². The molecule has 0 spiro atoms. The van der Waals surface area contributed by atoms with Gasteiger partial charge in [0.15, 0.2) is 0 Å². The van der Waals surface area contributed by atoms with Crippen molar-refractivity contribution in [1.29, 1.82) is 0 Å². The molecule has 0 atom stereocenters. The van der Waals surface area contributed by atoms with Crippen LogP contribution >= 0.6 is 0 Å². The van der Waals surface area contributed by atoms with E-state index in [-0.39, 0.29) is 17.1 Å². The highest BCUT2D eigenvalue weighted by Gasteiger charge is 2.25. The Bertz CT molecular complexity index is 1930. The van der Waals surface area contributed by atoms with Gasteiger partial charge in [0.05, 0.1) is 5.69 Å². The fourth-order valence-corrected chi connectivity index (χ4v) is 4.96. The number of benzene rings is 5. The summed E-state index contributed by atoms with van der Waals surface area (Å²) in [7, 11) is 0. The zero-order valence-corrected chi connectivity index (χ0v) is 22.8. The van der Waals surface area contributed by atoms with Crippen molar-refractivity contribution in [3.63, 3.8) is 0 Å². The van der Waals surface area contributed by atoms with Crippen molar-refractivity contribution in [3.8, 4) is 11.1 Å². The molecule has 42 heavy (non-hydrogen) atoms. The van der Waals surface area contributed by atoms with E-state index in [2.05, 4.69) is 57.8 Å². The van der Waals surface area contributed by atoms with Crippen LogP contribution in [-0.4, -0.2) is 4.98 Å². The van der Waals surface area contributed by atoms with E-state index in [4.69, 9.17) is 0 Å². The molecule has 208 valence electrons. The molecule has 3 N–H and O–H groups in total. The Morgan fingerprint density at radius 3 is 2.29 bits per heavy atom. The molecule has 0 saturated heterocycles. The Kier molecular flexibility index (Phi) is 7.00. The van der Waals surface area contributed by atoms with Crippen LogP contribution in [0.15, 0.2) is 128 Å². The van der Waals surface area contributed by atoms with Crippen LogP contribution in [0.4, 0.5) is 36.1 Å². The Hall–Kier alpha value is -5.30. The van der Waals surface area contributed by atoms with Gasteiger partial charge in [-0.25, -0.2) is 18.2 Å². The maximum Gasteiger partial charge on any atom is 0.270 e. The highest BCUT2D eigenvalue weighted by Crippen LogP contribution is 2.34. The largest absolute Gasteiger partial charge is 0.342 e. The zero-order valence-electron chi connectivity index (χ0n) is 22.8. The number of pyridine rings is 1. The lowest BCUT2D eigenvalue weighted by Crippen LogP contribution is -2.12. The number of alkyl halides is 2. The summed E-state index contributed by atoms with van der Waals surface area (Å²) in [6, 6.07) is 33.4. The summed E-state index contributed by atoms with van der Waals surface area (Å²) < 4.78 is 41.7. The van der Waals surface area contributed by atoms with Gasteiger partial charge in [0.1, 0.15) is 17.5 Å². The number of nitrogens with one attached hydrogen (secondary N) is 3. The van der Waals surface area contributed by atoms with E-state index in [9.17, 15) is 13.2 Å². The maximum atomic E-state index is 14.3. The third-order valence-electron chi connectivity index (χ3n) is 7.07. The second kappa shape index (κ2) is 10.9. The molecule has 6 rings (SSSR count). The zero-order chi connectivity index (χ0) is 29.3. The number of rotatable bonds is 8. The first kappa shape index (κ1) is 26.9. The smallest absolute Gasteiger partial charge is 0.270 e. The molecule has 6 aromatic rings. The molecular formula is C35H27F3N4. The normalized spacial score (nSPS) is 11.4. The van der Waals surface area contributed by atoms with Gasteiger partial charge in [-0.15, -0.1) is 0 Å². The lowest BCUT2D eigenvalue weighted by molar-refractivity contribution is 0.0175. The van der Waals surface area contributed by atoms with Gasteiger partial charge in [-0.2, -0.15) is 0 Å². The molecule has 4 nitrogen and oxygen atoms in total. The molecule has 0 unspecified atom stereocenters. The van der Waals surface area contributed by atoms with Crippen LogP contribution in [0.25, 0.3) is 32.7 Å². The minimum atomic E-state index is -3.08. The van der Waals surface area contributed by atoms with Crippen LogP contribution in [0.2, 0.25) is 0 Å². The van der Waals surface area contributed by atoms with E-state index in [0.29, 0.717) is 5.69 Å². The van der Waals surface area contributed by atoms with E-state index >= 15 is 0 Å². The first-order valence-corrected chi connectivity index (χ1v) is 13.4. The molecule has 7 heteroatoms. The number of halogens is 3. The fraction of sp³-hybridized carbons (Fsp3) is 0.0571. The van der Waals surface area contributed by atoms with Crippen LogP contribution in [0.5, 0.6) is 0 Å². The standard InChI is InChI=1S/C35H27F3N4/c1-22(41-33-21-26(35(2,37)38)13-17-32(33)36)40-27-14-11-24(12-15-27)29-8-5-9-31-30(29)18-19-39-34(31)42-28-16-10-23-6-3-4-7-25(23)20-28/h3-21,40-41H,1H2,2H3,(H,39,42). The quantitative estimate of drug-likeness (QED) is 0.173. The maximum absolute atomic E-state index is 14.3. The van der Waals surface area contributed by atoms with Crippen LogP contribution in [-0.2, 0) is 5.92 Å². The molecule has 0 fully saturated rings. The molecule has 1 aromatic heterocycles. The van der Waals surface area contributed by atoms with Crippen molar-refractivity contribution >= 4 is 44.4 Å². The monoisotopic (exact) mass is 560 g/mol. The molecule has 0 amide bonds. The third kappa shape index (κ3) is 5.63. The Balaban J connectivity index is 1.21. The Morgan fingerprint density at radius 2 is 1.50 bits per heavy atom. The number of hydrogen-bond donors (Lipinski definition) is 3. The molecule has 0 aliphatic heterocycles. The Labute approximate surface area is 241 Å². The lowest BCUT2D eigenvalue weighted by atomic mass is 9.98. The second-order valence-electron chi connectivity index (χ2n) is 10.1. The van der Waals surface area contributed by atoms with Crippen molar-refractivity contribution in [1.82, 2.24) is 4.98 Å². The predicted molar refractivity (Wildman–Crippen MR) is 167 cm³/mol. The number of fused-ring (bicyclic) bond motifs is 2. The SMILES string of the molecule is C=C(Nc1ccc(-c2cccc3c(Nc4ccc5ccccc5c4)nccc23)cc1)Nc1cc(C(C)(F)F)ccc1F. The summed E-state index contributed by atoms with van der Waals surface area (Å²) in [5.41, 5.74) is 3.33. The first-order valence-electron chi connectivity index (χ1n) is 13.4. The number of aromatic nitrogens is 1. The highest BCUT2D eigenvalue weighted by molar-refractivity contribution is 6.02. The summed E-state index contributed by atoms with van der Waals surface area (Å²) >= 11 is 0. The van der Waals surface area contributed by atoms with Gasteiger partial charge in [-0.05, 0) is 69.8 Å². The van der Waals surface area contributed by atoms with Crippen LogP contribution in [0.1, 0.15) is 12.5 Å². The molecule has 0 bridgehead atoms. The van der Waals surface area contributed by atoms with Gasteiger partial charge in [-0.1, -0.05) is 73.3 Å². The molecular weight excluding hydrogens is 533 g/mol. The summed E-state index contributed by atoms with van der Waals surface area (Å²) in [6.45, 7) is 4.64. The molecule has 0 aliphatic rings. The van der Waals surface area contributed by atoms with Gasteiger partial charge >= 0.3 is 0 Å². The number of anilines is 4. The van der Waals surface area contributed by atoms with Crippen molar-refractivity contribution in [2.45, 2.75) is 12.8 Å². The third-order valence-corrected chi connectivity index (χ3v) is 7.07. The topological polar surface area (TPSA) is 49.0 Å². The predicted octanol–water partition coefficient (Wildman–Crippen LogP) is 10.0. The Morgan fingerprint density at radius 1 is 0.738 bits per heavy atom. The van der Waals surface area contributed by atoms with Gasteiger partial charge in [-0.3, -0.25) is 0 Å². The first-order chi connectivity index (χ1) is 20.2. The van der Waals surface area contributed by atoms with Crippen LogP contribution in [0.3, 0.4) is 0 Å². The summed E-state index contributed by atoms with van der Waals surface area (Å²) in [4.78, 5) is 4.62. The average Bonchev–Trinajstić information content (AvgIpc) is 2.98. The van der Waals surface area contributed by atoms with E-state index in [1.165, 1.54) is 5.39 Å². The van der Waals surface area contributed by atoms with Gasteiger partial charge in [0.25, 0.3) is 5.92 Å². The molecule has 0 radical (unpaired) electrons. The van der Waals surface area contributed by atoms with Crippen molar-refractivity contribution in [2.75, 3.05) is 16.0 Å². The second-order valence-corrected chi connectivity index (χ2v) is 10.1. The van der Waals surface area contributed by atoms with Gasteiger partial charge in [0.2, 0.25) is 0 Å². The van der Waals surface area contributed by atoms with E-state index in [1.807, 2.05) is 60.7 Å². The van der Waals surface area contributed by atoms with E-state index in [0.717, 1.165) is 63.9 Å². The molecule has 0 saturated carbocycles. The molecule has 0 aliphatic carbocycles. The van der Waals surface area contributed by atoms with Crippen molar-refractivity contribution < 1.29 is 13.2 Å². The van der Waals surface area contributed by atoms with Crippen LogP contribution in [0, 0.1) is 5.82 Å². The minimum Gasteiger partial charge on any atom is -0.342 e. The van der Waals surface area contributed by atoms with E-state index in [1.54, 1.807) is 6.20 Å². The summed E-state index contributed by atoms with van der Waals surface area (Å²) in [5, 5.41) is 13.7. The average molecular weight is 561 g/mol. The number of hydrogen-bond acceptors (Lipinski definition) is 4. The van der Waals surface area contributed by atoms with Gasteiger partial charge < -0.3 is 16.0 Å². The number of nitrogens with zero attached hydrogens (tertiary/aromatic N) is 1. The van der Waals surface area contributed by atoms with Crippen molar-refractivity contribution in [2.24, 2.45) is 0 Å². The van der Waals surface area contributed by atoms with Crippen LogP contribution < -0.4 is 16.0 Å². The lowest BCUT2D eigenvalue weighted by Gasteiger charge is -2.16.